The number of hydrogen-bond donors (Lipinski definition) is 0. The van der Waals surface area contributed by atoms with Gasteiger partial charge >= 0.3 is 0 Å². The number of nitrogens with zero attached hydrogens (tertiary/aromatic N) is 3. The molecule has 0 aliphatic heterocycles. The third-order valence-electron chi connectivity index (χ3n) is 6.53. The lowest BCUT2D eigenvalue weighted by Crippen LogP contribution is -2.43. The van der Waals surface area contributed by atoms with Crippen molar-refractivity contribution in [1.82, 2.24) is 4.57 Å². The van der Waals surface area contributed by atoms with Gasteiger partial charge in [-0.2, -0.15) is 0 Å². The second kappa shape index (κ2) is 11.0. The number of ether oxygens (including phenoxy) is 1. The first-order valence-corrected chi connectivity index (χ1v) is 15.1. The molecule has 0 atom stereocenters. The Labute approximate surface area is 250 Å². The molecule has 0 saturated heterocycles. The number of alkyl halides is 2. The molecule has 0 radical (unpaired) electrons. The molecule has 5 rings (SSSR count). The fraction of sp³-hybridized carbons (Fsp3) is 0.143. The van der Waals surface area contributed by atoms with Crippen molar-refractivity contribution in [3.63, 3.8) is 0 Å². The second-order valence-corrected chi connectivity index (χ2v) is 12.9. The minimum Gasteiger partial charge on any atom is -0.497 e. The van der Waals surface area contributed by atoms with Crippen LogP contribution in [-0.4, -0.2) is 37.5 Å². The molecule has 8 nitrogen and oxygen atoms in total. The summed E-state index contributed by atoms with van der Waals surface area (Å²) in [5.41, 5.74) is 0.753. The van der Waals surface area contributed by atoms with E-state index in [9.17, 15) is 18.5 Å². The van der Waals surface area contributed by atoms with Gasteiger partial charge in [0.25, 0.3) is 21.6 Å². The van der Waals surface area contributed by atoms with Gasteiger partial charge in [0.2, 0.25) is 0 Å². The Morgan fingerprint density at radius 1 is 0.927 bits per heavy atom. The van der Waals surface area contributed by atoms with Crippen molar-refractivity contribution in [1.29, 1.82) is 0 Å². The number of halogens is 4. The van der Waals surface area contributed by atoms with E-state index in [4.69, 9.17) is 4.74 Å². The summed E-state index contributed by atoms with van der Waals surface area (Å²) in [7, 11) is -3.20. The highest BCUT2D eigenvalue weighted by Gasteiger charge is 2.39. The van der Waals surface area contributed by atoms with E-state index in [0.717, 1.165) is 44.0 Å². The molecule has 0 spiro atoms. The first-order chi connectivity index (χ1) is 19.4. The summed E-state index contributed by atoms with van der Waals surface area (Å²) in [5, 5.41) is 12.6. The van der Waals surface area contributed by atoms with Crippen molar-refractivity contribution in [3.8, 4) is 5.75 Å². The monoisotopic (exact) mass is 707 g/mol. The zero-order valence-corrected chi connectivity index (χ0v) is 25.3. The Kier molecular flexibility index (Phi) is 7.79. The van der Waals surface area contributed by atoms with Crippen LogP contribution in [0.25, 0.3) is 21.8 Å². The highest BCUT2D eigenvalue weighted by molar-refractivity contribution is 9.10. The number of sulfonamides is 1. The van der Waals surface area contributed by atoms with Gasteiger partial charge in [-0.25, -0.2) is 17.2 Å². The maximum absolute atomic E-state index is 16.1. The zero-order chi connectivity index (χ0) is 29.5. The third-order valence-corrected chi connectivity index (χ3v) is 9.30. The maximum Gasteiger partial charge on any atom is 0.283 e. The van der Waals surface area contributed by atoms with E-state index in [-0.39, 0.29) is 22.0 Å². The predicted octanol–water partition coefficient (Wildman–Crippen LogP) is 7.77. The number of aromatic nitrogens is 1. The molecule has 41 heavy (non-hydrogen) atoms. The molecular weight excluding hydrogens is 688 g/mol. The Morgan fingerprint density at radius 2 is 1.51 bits per heavy atom. The molecule has 1 aromatic heterocycles. The first kappa shape index (κ1) is 29.0. The predicted molar refractivity (Wildman–Crippen MR) is 160 cm³/mol. The van der Waals surface area contributed by atoms with Gasteiger partial charge in [0, 0.05) is 49.0 Å². The number of benzene rings is 4. The second-order valence-electron chi connectivity index (χ2n) is 9.23. The molecule has 0 bridgehead atoms. The van der Waals surface area contributed by atoms with E-state index >= 15 is 8.78 Å². The number of methoxy groups -OCH3 is 1. The van der Waals surface area contributed by atoms with E-state index in [0.29, 0.717) is 15.3 Å². The molecule has 1 heterocycles. The molecule has 0 amide bonds. The van der Waals surface area contributed by atoms with Crippen LogP contribution < -0.4 is 9.04 Å². The average Bonchev–Trinajstić information content (AvgIpc) is 3.22. The van der Waals surface area contributed by atoms with E-state index in [1.165, 1.54) is 29.9 Å². The fourth-order valence-electron chi connectivity index (χ4n) is 4.66. The number of hydrogen-bond acceptors (Lipinski definition) is 5. The lowest BCUT2D eigenvalue weighted by Gasteiger charge is -2.29. The Morgan fingerprint density at radius 3 is 2.05 bits per heavy atom. The minimum absolute atomic E-state index is 0.0440. The molecule has 0 fully saturated rings. The molecule has 0 aliphatic carbocycles. The van der Waals surface area contributed by atoms with Gasteiger partial charge in [0.1, 0.15) is 12.3 Å². The van der Waals surface area contributed by atoms with Gasteiger partial charge in [-0.1, -0.05) is 37.9 Å². The van der Waals surface area contributed by atoms with Gasteiger partial charge in [-0.15, -0.1) is 0 Å². The van der Waals surface area contributed by atoms with Crippen LogP contribution in [0.15, 0.2) is 98.8 Å². The van der Waals surface area contributed by atoms with Crippen molar-refractivity contribution in [2.24, 2.45) is 0 Å². The van der Waals surface area contributed by atoms with Crippen molar-refractivity contribution in [2.45, 2.75) is 17.4 Å². The third kappa shape index (κ3) is 5.79. The topological polar surface area (TPSA) is 94.7 Å². The van der Waals surface area contributed by atoms with E-state index < -0.39 is 34.0 Å². The summed E-state index contributed by atoms with van der Waals surface area (Å²) in [6, 6.07) is 20.5. The van der Waals surface area contributed by atoms with E-state index in [1.807, 2.05) is 12.1 Å². The number of nitro benzene ring substituents is 1. The summed E-state index contributed by atoms with van der Waals surface area (Å²) < 4.78 is 68.5. The highest BCUT2D eigenvalue weighted by Crippen LogP contribution is 2.36. The average molecular weight is 709 g/mol. The van der Waals surface area contributed by atoms with Crippen LogP contribution in [0.4, 0.5) is 20.2 Å². The van der Waals surface area contributed by atoms with Crippen LogP contribution in [-0.2, 0) is 16.6 Å². The molecule has 0 unspecified atom stereocenters. The maximum atomic E-state index is 16.1. The van der Waals surface area contributed by atoms with Crippen molar-refractivity contribution >= 4 is 75.1 Å². The molecular formula is C28H21Br2F2N3O5S. The van der Waals surface area contributed by atoms with Crippen molar-refractivity contribution in [3.05, 3.63) is 104 Å². The van der Waals surface area contributed by atoms with Crippen LogP contribution in [0.5, 0.6) is 5.75 Å². The largest absolute Gasteiger partial charge is 0.497 e. The number of rotatable bonds is 9. The van der Waals surface area contributed by atoms with Gasteiger partial charge in [0.05, 0.1) is 29.2 Å². The number of nitro groups is 1. The SMILES string of the molecule is COc1cccc(N(CC(F)(F)Cn2c3ccc(Br)cc3c3cc(Br)ccc32)S(=O)(=O)c2ccc([N+](=O)[O-])cc2)c1. The normalized spacial score (nSPS) is 12.1. The smallest absolute Gasteiger partial charge is 0.283 e. The molecule has 212 valence electrons. The number of fused-ring (bicyclic) bond motifs is 3. The van der Waals surface area contributed by atoms with Gasteiger partial charge < -0.3 is 9.30 Å². The molecule has 0 aliphatic rings. The van der Waals surface area contributed by atoms with Gasteiger partial charge in [0.15, 0.2) is 0 Å². The summed E-state index contributed by atoms with van der Waals surface area (Å²) in [5.74, 6) is -3.29. The highest BCUT2D eigenvalue weighted by atomic mass is 79.9. The Bertz CT molecular complexity index is 1840. The summed E-state index contributed by atoms with van der Waals surface area (Å²) in [6.07, 6.45) is 0. The Hall–Kier alpha value is -3.55. The Balaban J connectivity index is 1.59. The molecule has 0 N–H and O–H groups in total. The first-order valence-electron chi connectivity index (χ1n) is 12.1. The summed E-state index contributed by atoms with van der Waals surface area (Å²) in [6.45, 7) is -2.01. The minimum atomic E-state index is -4.58. The summed E-state index contributed by atoms with van der Waals surface area (Å²) in [4.78, 5) is 10.0. The van der Waals surface area contributed by atoms with Crippen LogP contribution >= 0.6 is 31.9 Å². The van der Waals surface area contributed by atoms with Crippen LogP contribution in [0.1, 0.15) is 0 Å². The van der Waals surface area contributed by atoms with Crippen molar-refractivity contribution in [2.75, 3.05) is 18.0 Å². The van der Waals surface area contributed by atoms with Crippen LogP contribution in [0.3, 0.4) is 0 Å². The zero-order valence-electron chi connectivity index (χ0n) is 21.3. The lowest BCUT2D eigenvalue weighted by molar-refractivity contribution is -0.384. The molecule has 13 heteroatoms. The van der Waals surface area contributed by atoms with Crippen molar-refractivity contribution < 1.29 is 26.9 Å². The van der Waals surface area contributed by atoms with E-state index in [1.54, 1.807) is 30.3 Å². The molecule has 5 aromatic rings. The quantitative estimate of drug-likeness (QED) is 0.115. The van der Waals surface area contributed by atoms with Crippen LogP contribution in [0, 0.1) is 10.1 Å². The summed E-state index contributed by atoms with van der Waals surface area (Å²) >= 11 is 6.89. The fourth-order valence-corrected chi connectivity index (χ4v) is 6.86. The van der Waals surface area contributed by atoms with Crippen LogP contribution in [0.2, 0.25) is 0 Å². The standard InChI is InChI=1S/C28H21Br2F2N3O5S/c1-40-22-4-2-3-21(15-22)34(41(38,39)23-9-7-20(8-10-23)35(36)37)17-28(31,32)16-33-26-11-5-18(29)13-24(26)25-14-19(30)6-12-27(25)33/h2-15H,16-17H2,1H3. The number of anilines is 1. The number of non-ortho nitro benzene ring substituents is 1. The lowest BCUT2D eigenvalue weighted by atomic mass is 10.2. The molecule has 0 saturated carbocycles. The molecule has 4 aromatic carbocycles. The van der Waals surface area contributed by atoms with Gasteiger partial charge in [-0.3, -0.25) is 14.4 Å². The van der Waals surface area contributed by atoms with Gasteiger partial charge in [-0.05, 0) is 60.7 Å². The van der Waals surface area contributed by atoms with E-state index in [2.05, 4.69) is 31.9 Å².